The molecule has 0 aromatic heterocycles. The van der Waals surface area contributed by atoms with Gasteiger partial charge in [-0.3, -0.25) is 0 Å². The zero-order valence-corrected chi connectivity index (χ0v) is 8.88. The lowest BCUT2D eigenvalue weighted by molar-refractivity contribution is -0.182. The molecular formula is C9H17F5. The Morgan fingerprint density at radius 1 is 1.00 bits per heavy atom. The van der Waals surface area contributed by atoms with E-state index in [1.54, 1.807) is 0 Å². The molecule has 0 aromatic rings. The highest BCUT2D eigenvalue weighted by Crippen LogP contribution is 2.30. The SMILES string of the molecule is CC(F)(F)CC(F)(F)F.CCC(C)C. The van der Waals surface area contributed by atoms with Crippen LogP contribution in [0.25, 0.3) is 0 Å². The molecule has 0 aliphatic carbocycles. The van der Waals surface area contributed by atoms with E-state index in [1.807, 2.05) is 0 Å². The lowest BCUT2D eigenvalue weighted by atomic mass is 10.2. The van der Waals surface area contributed by atoms with Crippen LogP contribution in [0.5, 0.6) is 0 Å². The molecule has 0 saturated carbocycles. The maximum atomic E-state index is 11.5. The van der Waals surface area contributed by atoms with Gasteiger partial charge in [0.05, 0.1) is 0 Å². The van der Waals surface area contributed by atoms with E-state index in [1.165, 1.54) is 6.42 Å². The Morgan fingerprint density at radius 2 is 1.29 bits per heavy atom. The average Bonchev–Trinajstić information content (AvgIpc) is 1.80. The van der Waals surface area contributed by atoms with Crippen molar-refractivity contribution >= 4 is 0 Å². The molecule has 0 atom stereocenters. The molecule has 0 aliphatic rings. The van der Waals surface area contributed by atoms with E-state index in [4.69, 9.17) is 0 Å². The third kappa shape index (κ3) is 22.6. The van der Waals surface area contributed by atoms with Crippen LogP contribution in [0.1, 0.15) is 40.5 Å². The average molecular weight is 220 g/mol. The first-order valence-corrected chi connectivity index (χ1v) is 4.42. The van der Waals surface area contributed by atoms with Gasteiger partial charge in [0.2, 0.25) is 0 Å². The van der Waals surface area contributed by atoms with Gasteiger partial charge in [-0.05, 0) is 12.8 Å². The van der Waals surface area contributed by atoms with Gasteiger partial charge in [-0.25, -0.2) is 8.78 Å². The van der Waals surface area contributed by atoms with Crippen molar-refractivity contribution in [3.05, 3.63) is 0 Å². The summed E-state index contributed by atoms with van der Waals surface area (Å²) in [5, 5.41) is 0. The van der Waals surface area contributed by atoms with Crippen molar-refractivity contribution in [2.75, 3.05) is 0 Å². The molecule has 0 bridgehead atoms. The van der Waals surface area contributed by atoms with Crippen molar-refractivity contribution in [1.29, 1.82) is 0 Å². The monoisotopic (exact) mass is 220 g/mol. The molecule has 0 unspecified atom stereocenters. The van der Waals surface area contributed by atoms with Crippen LogP contribution < -0.4 is 0 Å². The Bertz CT molecular complexity index is 119. The Balaban J connectivity index is 0. The molecule has 0 spiro atoms. The van der Waals surface area contributed by atoms with Crippen LogP contribution in [0.4, 0.5) is 22.0 Å². The summed E-state index contributed by atoms with van der Waals surface area (Å²) in [6, 6.07) is 0. The standard InChI is InChI=1S/C5H12.C4H5F5/c1-4-5(2)3;1-3(5,6)2-4(7,8)9/h5H,4H2,1-3H3;2H2,1H3. The quantitative estimate of drug-likeness (QED) is 0.594. The second kappa shape index (κ2) is 6.19. The van der Waals surface area contributed by atoms with Crippen LogP contribution >= 0.6 is 0 Å². The molecule has 0 fully saturated rings. The van der Waals surface area contributed by atoms with Crippen LogP contribution in [0.3, 0.4) is 0 Å². The van der Waals surface area contributed by atoms with E-state index in [0.29, 0.717) is 0 Å². The van der Waals surface area contributed by atoms with Gasteiger partial charge in [0.15, 0.2) is 0 Å². The fourth-order valence-electron chi connectivity index (χ4n) is 0.352. The molecule has 0 saturated heterocycles. The largest absolute Gasteiger partial charge is 0.394 e. The number of hydrogen-bond acceptors (Lipinski definition) is 0. The molecule has 0 aliphatic heterocycles. The van der Waals surface area contributed by atoms with Gasteiger partial charge in [-0.2, -0.15) is 13.2 Å². The second-order valence-electron chi connectivity index (χ2n) is 3.66. The highest BCUT2D eigenvalue weighted by molar-refractivity contribution is 4.63. The van der Waals surface area contributed by atoms with Gasteiger partial charge in [0.1, 0.15) is 6.42 Å². The smallest absolute Gasteiger partial charge is 0.207 e. The number of rotatable bonds is 2. The summed E-state index contributed by atoms with van der Waals surface area (Å²) in [5.41, 5.74) is 0. The van der Waals surface area contributed by atoms with Gasteiger partial charge < -0.3 is 0 Å². The number of halogens is 5. The Hall–Kier alpha value is -0.350. The van der Waals surface area contributed by atoms with E-state index in [0.717, 1.165) is 5.92 Å². The van der Waals surface area contributed by atoms with E-state index in [9.17, 15) is 22.0 Å². The lowest BCUT2D eigenvalue weighted by Crippen LogP contribution is -2.21. The Labute approximate surface area is 81.5 Å². The summed E-state index contributed by atoms with van der Waals surface area (Å²) >= 11 is 0. The summed E-state index contributed by atoms with van der Waals surface area (Å²) in [4.78, 5) is 0. The van der Waals surface area contributed by atoms with Gasteiger partial charge in [0, 0.05) is 0 Å². The van der Waals surface area contributed by atoms with Crippen molar-refractivity contribution in [1.82, 2.24) is 0 Å². The normalized spacial score (nSPS) is 12.4. The van der Waals surface area contributed by atoms with Crippen molar-refractivity contribution < 1.29 is 22.0 Å². The third-order valence-corrected chi connectivity index (χ3v) is 1.33. The molecule has 5 heteroatoms. The highest BCUT2D eigenvalue weighted by atomic mass is 19.4. The summed E-state index contributed by atoms with van der Waals surface area (Å²) < 4.78 is 56.2. The number of hydrogen-bond donors (Lipinski definition) is 0. The topological polar surface area (TPSA) is 0 Å². The van der Waals surface area contributed by atoms with Crippen molar-refractivity contribution in [2.45, 2.75) is 52.6 Å². The molecule has 0 nitrogen and oxygen atoms in total. The predicted octanol–water partition coefficient (Wildman–Crippen LogP) is 4.65. The maximum Gasteiger partial charge on any atom is 0.394 e. The molecule has 0 N–H and O–H groups in total. The summed E-state index contributed by atoms with van der Waals surface area (Å²) in [5.74, 6) is -2.76. The van der Waals surface area contributed by atoms with Gasteiger partial charge in [-0.1, -0.05) is 27.2 Å². The third-order valence-electron chi connectivity index (χ3n) is 1.33. The zero-order valence-electron chi connectivity index (χ0n) is 8.88. The molecule has 0 radical (unpaired) electrons. The molecule has 0 aromatic carbocycles. The second-order valence-corrected chi connectivity index (χ2v) is 3.66. The van der Waals surface area contributed by atoms with E-state index in [2.05, 4.69) is 20.8 Å². The number of alkyl halides is 5. The van der Waals surface area contributed by atoms with Crippen molar-refractivity contribution in [2.24, 2.45) is 5.92 Å². The minimum absolute atomic E-state index is 0.237. The minimum Gasteiger partial charge on any atom is -0.207 e. The van der Waals surface area contributed by atoms with Crippen molar-refractivity contribution in [3.63, 3.8) is 0 Å². The molecular weight excluding hydrogens is 203 g/mol. The van der Waals surface area contributed by atoms with Gasteiger partial charge in [-0.15, -0.1) is 0 Å². The van der Waals surface area contributed by atoms with E-state index in [-0.39, 0.29) is 6.92 Å². The minimum atomic E-state index is -4.77. The predicted molar refractivity (Wildman–Crippen MR) is 46.4 cm³/mol. The van der Waals surface area contributed by atoms with Crippen molar-refractivity contribution in [3.8, 4) is 0 Å². The summed E-state index contributed by atoms with van der Waals surface area (Å²) in [6.07, 6.45) is -5.50. The summed E-state index contributed by atoms with van der Waals surface area (Å²) in [7, 11) is 0. The molecule has 14 heavy (non-hydrogen) atoms. The van der Waals surface area contributed by atoms with E-state index >= 15 is 0 Å². The maximum absolute atomic E-state index is 11.5. The fraction of sp³-hybridized carbons (Fsp3) is 1.00. The first-order valence-electron chi connectivity index (χ1n) is 4.42. The Kier molecular flexibility index (Phi) is 7.12. The van der Waals surface area contributed by atoms with E-state index < -0.39 is 18.5 Å². The zero-order chi connectivity index (χ0) is 12.0. The van der Waals surface area contributed by atoms with Crippen LogP contribution in [-0.4, -0.2) is 12.1 Å². The van der Waals surface area contributed by atoms with Gasteiger partial charge in [0.25, 0.3) is 5.92 Å². The van der Waals surface area contributed by atoms with Crippen LogP contribution in [-0.2, 0) is 0 Å². The van der Waals surface area contributed by atoms with Crippen LogP contribution in [0, 0.1) is 5.92 Å². The highest BCUT2D eigenvalue weighted by Gasteiger charge is 2.39. The molecule has 88 valence electrons. The fourth-order valence-corrected chi connectivity index (χ4v) is 0.352. The molecule has 0 rings (SSSR count). The van der Waals surface area contributed by atoms with Gasteiger partial charge >= 0.3 is 6.18 Å². The molecule has 0 heterocycles. The summed E-state index contributed by atoms with van der Waals surface area (Å²) in [6.45, 7) is 6.88. The van der Waals surface area contributed by atoms with Crippen LogP contribution in [0.15, 0.2) is 0 Å². The molecule has 0 amide bonds. The Morgan fingerprint density at radius 3 is 1.29 bits per heavy atom. The van der Waals surface area contributed by atoms with Crippen LogP contribution in [0.2, 0.25) is 0 Å². The first kappa shape index (κ1) is 16.1. The first-order chi connectivity index (χ1) is 5.98. The lowest BCUT2D eigenvalue weighted by Gasteiger charge is -2.11.